The first-order valence-corrected chi connectivity index (χ1v) is 13.6. The molecule has 40 heavy (non-hydrogen) atoms. The number of pyridine rings is 2. The second kappa shape index (κ2) is 11.2. The highest BCUT2D eigenvalue weighted by molar-refractivity contribution is 6.05. The third kappa shape index (κ3) is 6.57. The highest BCUT2D eigenvalue weighted by Gasteiger charge is 2.33. The molecule has 4 rings (SSSR count). The lowest BCUT2D eigenvalue weighted by molar-refractivity contribution is 0.0950. The van der Waals surface area contributed by atoms with Gasteiger partial charge in [0.2, 0.25) is 0 Å². The Kier molecular flexibility index (Phi) is 8.12. The van der Waals surface area contributed by atoms with E-state index in [1.54, 1.807) is 6.07 Å². The highest BCUT2D eigenvalue weighted by Crippen LogP contribution is 2.35. The van der Waals surface area contributed by atoms with Crippen LogP contribution in [0, 0.1) is 19.3 Å². The number of nitrogens with one attached hydrogen (secondary N) is 5. The van der Waals surface area contributed by atoms with Gasteiger partial charge in [0.15, 0.2) is 0 Å². The van der Waals surface area contributed by atoms with Crippen molar-refractivity contribution in [1.29, 1.82) is 5.41 Å². The van der Waals surface area contributed by atoms with E-state index >= 15 is 0 Å². The molecule has 0 saturated carbocycles. The van der Waals surface area contributed by atoms with E-state index in [-0.39, 0.29) is 35.1 Å². The van der Waals surface area contributed by atoms with E-state index in [9.17, 15) is 9.59 Å². The number of aromatic nitrogens is 2. The fourth-order valence-corrected chi connectivity index (χ4v) is 5.64. The summed E-state index contributed by atoms with van der Waals surface area (Å²) >= 11 is 0. The molecular formula is C32H40N6O2. The van der Waals surface area contributed by atoms with E-state index in [1.165, 1.54) is 6.21 Å². The van der Waals surface area contributed by atoms with Crippen molar-refractivity contribution in [3.05, 3.63) is 98.1 Å². The number of H-pyrrole nitrogens is 1. The summed E-state index contributed by atoms with van der Waals surface area (Å²) in [6.45, 7) is 14.3. The van der Waals surface area contributed by atoms with E-state index in [0.717, 1.165) is 28.8 Å². The van der Waals surface area contributed by atoms with Gasteiger partial charge in [-0.3, -0.25) is 9.59 Å². The average Bonchev–Trinajstić information content (AvgIpc) is 2.86. The van der Waals surface area contributed by atoms with Gasteiger partial charge in [0.05, 0.1) is 11.3 Å². The molecule has 0 saturated heterocycles. The minimum atomic E-state index is -0.370. The molecule has 3 aromatic rings. The molecular weight excluding hydrogens is 500 g/mol. The van der Waals surface area contributed by atoms with Crippen molar-refractivity contribution in [2.24, 2.45) is 0 Å². The Morgan fingerprint density at radius 2 is 1.85 bits per heavy atom. The maximum atomic E-state index is 13.7. The van der Waals surface area contributed by atoms with E-state index in [1.807, 2.05) is 57.2 Å². The Morgan fingerprint density at radius 1 is 1.15 bits per heavy atom. The highest BCUT2D eigenvalue weighted by atomic mass is 16.1. The summed E-state index contributed by atoms with van der Waals surface area (Å²) in [7, 11) is 0. The smallest absolute Gasteiger partial charge is 0.253 e. The molecule has 0 bridgehead atoms. The molecule has 2 aromatic heterocycles. The first-order chi connectivity index (χ1) is 18.8. The fourth-order valence-electron chi connectivity index (χ4n) is 5.64. The molecule has 1 amide bonds. The molecule has 1 atom stereocenters. The number of anilines is 1. The number of carbonyl (C=O) groups is 1. The largest absolute Gasteiger partial charge is 0.363 e. The third-order valence-electron chi connectivity index (χ3n) is 7.18. The zero-order valence-electron chi connectivity index (χ0n) is 24.5. The van der Waals surface area contributed by atoms with Crippen LogP contribution in [0.4, 0.5) is 5.82 Å². The van der Waals surface area contributed by atoms with Gasteiger partial charge in [-0.2, -0.15) is 0 Å². The van der Waals surface area contributed by atoms with Crippen molar-refractivity contribution in [2.75, 3.05) is 5.32 Å². The Balaban J connectivity index is 1.78. The maximum Gasteiger partial charge on any atom is 0.253 e. The van der Waals surface area contributed by atoms with Crippen LogP contribution < -0.4 is 21.5 Å². The second-order valence-electron chi connectivity index (χ2n) is 11.9. The Morgan fingerprint density at radius 3 is 2.48 bits per heavy atom. The average molecular weight is 541 g/mol. The third-order valence-corrected chi connectivity index (χ3v) is 7.18. The van der Waals surface area contributed by atoms with Crippen LogP contribution in [0.15, 0.2) is 53.3 Å². The summed E-state index contributed by atoms with van der Waals surface area (Å²) in [5.41, 5.74) is 4.93. The molecule has 3 heterocycles. The van der Waals surface area contributed by atoms with Gasteiger partial charge in [-0.1, -0.05) is 36.4 Å². The zero-order chi connectivity index (χ0) is 29.2. The monoisotopic (exact) mass is 540 g/mol. The number of nitrogens with zero attached hydrogens (tertiary/aromatic N) is 1. The number of aromatic amines is 1. The summed E-state index contributed by atoms with van der Waals surface area (Å²) in [4.78, 5) is 34.0. The number of benzene rings is 1. The van der Waals surface area contributed by atoms with Crippen LogP contribution >= 0.6 is 0 Å². The number of hydrogen-bond acceptors (Lipinski definition) is 6. The number of carbonyl (C=O) groups excluding carboxylic acids is 1. The summed E-state index contributed by atoms with van der Waals surface area (Å²) in [6.07, 6.45) is 4.05. The summed E-state index contributed by atoms with van der Waals surface area (Å²) in [5.74, 6) is 0.0957. The number of hydrogen-bond donors (Lipinski definition) is 5. The van der Waals surface area contributed by atoms with Crippen LogP contribution in [0.2, 0.25) is 0 Å². The molecule has 1 aliphatic rings. The Labute approximate surface area is 236 Å². The second-order valence-corrected chi connectivity index (χ2v) is 11.9. The standard InChI is InChI=1S/C32H40N6O2/c1-19-13-20(2)35-30(40)26(19)18-34-29(39)24-14-27(23-15-31(4,5)38-32(6,7)16-23)37-28(25(24)17-33)36-21(3)22-11-9-8-10-12-22/h8-15,17,21,33,38H,16,18H2,1-7H3,(H,34,39)(H,35,40)(H,36,37). The Bertz CT molecular complexity index is 1520. The predicted octanol–water partition coefficient (Wildman–Crippen LogP) is 5.42. The van der Waals surface area contributed by atoms with Gasteiger partial charge < -0.3 is 26.3 Å². The first kappa shape index (κ1) is 29.0. The molecule has 1 aliphatic heterocycles. The quantitative estimate of drug-likeness (QED) is 0.244. The molecule has 1 unspecified atom stereocenters. The summed E-state index contributed by atoms with van der Waals surface area (Å²) < 4.78 is 0. The van der Waals surface area contributed by atoms with Gasteiger partial charge in [0, 0.05) is 46.7 Å². The summed E-state index contributed by atoms with van der Waals surface area (Å²) in [6, 6.07) is 13.5. The molecule has 0 spiro atoms. The van der Waals surface area contributed by atoms with Gasteiger partial charge in [0.25, 0.3) is 11.5 Å². The van der Waals surface area contributed by atoms with Gasteiger partial charge >= 0.3 is 0 Å². The lowest BCUT2D eigenvalue weighted by Crippen LogP contribution is -2.53. The van der Waals surface area contributed by atoms with Crippen molar-refractivity contribution in [2.45, 2.75) is 78.6 Å². The minimum Gasteiger partial charge on any atom is -0.363 e. The molecule has 0 fully saturated rings. The Hall–Kier alpha value is -4.04. The molecule has 5 N–H and O–H groups in total. The van der Waals surface area contributed by atoms with Crippen LogP contribution in [0.3, 0.4) is 0 Å². The minimum absolute atomic E-state index is 0.0746. The van der Waals surface area contributed by atoms with Crippen LogP contribution in [0.1, 0.15) is 91.1 Å². The van der Waals surface area contributed by atoms with Crippen LogP contribution in [-0.2, 0) is 6.54 Å². The van der Waals surface area contributed by atoms with Crippen molar-refractivity contribution in [3.8, 4) is 0 Å². The number of rotatable bonds is 8. The maximum absolute atomic E-state index is 13.7. The van der Waals surface area contributed by atoms with Gasteiger partial charge in [-0.15, -0.1) is 0 Å². The molecule has 1 aromatic carbocycles. The van der Waals surface area contributed by atoms with Crippen molar-refractivity contribution in [3.63, 3.8) is 0 Å². The van der Waals surface area contributed by atoms with E-state index in [4.69, 9.17) is 10.4 Å². The van der Waals surface area contributed by atoms with Crippen LogP contribution in [-0.4, -0.2) is 33.2 Å². The molecule has 210 valence electrons. The SMILES string of the molecule is Cc1cc(C)c(CNC(=O)c2cc(C3=CC(C)(C)NC(C)(C)C3)nc(NC(C)c3ccccc3)c2C=N)c(=O)[nH]1. The zero-order valence-corrected chi connectivity index (χ0v) is 24.5. The van der Waals surface area contributed by atoms with Crippen molar-refractivity contribution >= 4 is 23.5 Å². The molecule has 0 radical (unpaired) electrons. The van der Waals surface area contributed by atoms with Gasteiger partial charge in [-0.25, -0.2) is 4.98 Å². The lowest BCUT2D eigenvalue weighted by atomic mass is 9.82. The van der Waals surface area contributed by atoms with Crippen molar-refractivity contribution in [1.82, 2.24) is 20.6 Å². The normalized spacial score (nSPS) is 16.5. The fraction of sp³-hybridized carbons (Fsp3) is 0.375. The van der Waals surface area contributed by atoms with Crippen LogP contribution in [0.5, 0.6) is 0 Å². The number of aryl methyl sites for hydroxylation is 2. The molecule has 8 nitrogen and oxygen atoms in total. The van der Waals surface area contributed by atoms with Gasteiger partial charge in [-0.05, 0) is 83.7 Å². The van der Waals surface area contributed by atoms with Crippen molar-refractivity contribution < 1.29 is 4.79 Å². The molecule has 0 aliphatic carbocycles. The van der Waals surface area contributed by atoms with E-state index in [0.29, 0.717) is 28.2 Å². The summed E-state index contributed by atoms with van der Waals surface area (Å²) in [5, 5.41) is 18.2. The van der Waals surface area contributed by atoms with E-state index < -0.39 is 0 Å². The topological polar surface area (TPSA) is 123 Å². The first-order valence-electron chi connectivity index (χ1n) is 13.6. The predicted molar refractivity (Wildman–Crippen MR) is 162 cm³/mol. The van der Waals surface area contributed by atoms with Gasteiger partial charge in [0.1, 0.15) is 5.82 Å². The number of amides is 1. The molecule has 8 heteroatoms. The van der Waals surface area contributed by atoms with Crippen LogP contribution in [0.25, 0.3) is 5.57 Å². The van der Waals surface area contributed by atoms with E-state index in [2.05, 4.69) is 54.7 Å². The lowest BCUT2D eigenvalue weighted by Gasteiger charge is -2.41.